The van der Waals surface area contributed by atoms with Crippen LogP contribution in [-0.4, -0.2) is 31.6 Å². The largest absolute Gasteiger partial charge is 0.497 e. The van der Waals surface area contributed by atoms with Crippen molar-refractivity contribution in [3.05, 3.63) is 40.3 Å². The van der Waals surface area contributed by atoms with Gasteiger partial charge in [-0.05, 0) is 49.5 Å². The van der Waals surface area contributed by atoms with Crippen LogP contribution in [0.2, 0.25) is 0 Å². The Hall–Kier alpha value is -2.24. The van der Waals surface area contributed by atoms with Gasteiger partial charge < -0.3 is 15.8 Å². The van der Waals surface area contributed by atoms with Crippen molar-refractivity contribution in [2.24, 2.45) is 10.8 Å². The Morgan fingerprint density at radius 2 is 2.14 bits per heavy atom. The molecule has 3 N–H and O–H groups in total. The highest BCUT2D eigenvalue weighted by Crippen LogP contribution is 2.17. The highest BCUT2D eigenvalue weighted by Gasteiger charge is 2.30. The van der Waals surface area contributed by atoms with E-state index in [0.717, 1.165) is 11.3 Å². The number of nitrogens with one attached hydrogen (secondary N) is 1. The Morgan fingerprint density at radius 3 is 2.67 bits per heavy atom. The van der Waals surface area contributed by atoms with E-state index >= 15 is 0 Å². The van der Waals surface area contributed by atoms with Crippen molar-refractivity contribution in [1.29, 1.82) is 0 Å². The van der Waals surface area contributed by atoms with Gasteiger partial charge in [0, 0.05) is 11.5 Å². The van der Waals surface area contributed by atoms with Gasteiger partial charge in [-0.2, -0.15) is 0 Å². The molecular weight excluding hydrogens is 270 g/mol. The number of carbonyl (C=O) groups is 1. The smallest absolute Gasteiger partial charge is 0.237 e. The molecule has 0 aliphatic heterocycles. The Labute approximate surface area is 124 Å². The van der Waals surface area contributed by atoms with Crippen LogP contribution in [-0.2, 0) is 11.2 Å². The fourth-order valence-electron chi connectivity index (χ4n) is 1.95. The lowest BCUT2D eigenvalue weighted by Gasteiger charge is -2.27. The van der Waals surface area contributed by atoms with Crippen LogP contribution in [0.4, 0.5) is 0 Å². The molecule has 0 radical (unpaired) electrons. The van der Waals surface area contributed by atoms with E-state index in [9.17, 15) is 4.79 Å². The van der Waals surface area contributed by atoms with E-state index in [2.05, 4.69) is 15.3 Å². The van der Waals surface area contributed by atoms with Crippen molar-refractivity contribution in [1.82, 2.24) is 5.32 Å². The van der Waals surface area contributed by atoms with Gasteiger partial charge in [-0.3, -0.25) is 4.79 Å². The number of nitrogens with zero attached hydrogens (tertiary/aromatic N) is 3. The number of nitrogens with two attached hydrogens (primary N) is 1. The molecule has 21 heavy (non-hydrogen) atoms. The predicted octanol–water partition coefficient (Wildman–Crippen LogP) is 1.77. The lowest BCUT2D eigenvalue weighted by Crippen LogP contribution is -2.55. The average Bonchev–Trinajstić information content (AvgIpc) is 2.47. The van der Waals surface area contributed by atoms with Gasteiger partial charge in [-0.25, -0.2) is 0 Å². The van der Waals surface area contributed by atoms with Gasteiger partial charge in [0.05, 0.1) is 12.6 Å². The number of rotatable bonds is 9. The number of amides is 1. The van der Waals surface area contributed by atoms with E-state index in [0.29, 0.717) is 25.9 Å². The van der Waals surface area contributed by atoms with Gasteiger partial charge >= 0.3 is 0 Å². The summed E-state index contributed by atoms with van der Waals surface area (Å²) < 4.78 is 5.10. The lowest BCUT2D eigenvalue weighted by atomic mass is 9.92. The van der Waals surface area contributed by atoms with E-state index in [1.54, 1.807) is 14.0 Å². The lowest BCUT2D eigenvalue weighted by molar-refractivity contribution is -0.123. The first-order valence-corrected chi connectivity index (χ1v) is 6.70. The summed E-state index contributed by atoms with van der Waals surface area (Å²) in [6, 6.07) is 7.50. The number of hydrogen-bond donors (Lipinski definition) is 2. The molecule has 0 fully saturated rings. The Kier molecular flexibility index (Phi) is 6.52. The highest BCUT2D eigenvalue weighted by molar-refractivity contribution is 5.84. The number of hydrogen-bond acceptors (Lipinski definition) is 4. The van der Waals surface area contributed by atoms with E-state index in [-0.39, 0.29) is 0 Å². The van der Waals surface area contributed by atoms with Crippen LogP contribution in [0.3, 0.4) is 0 Å². The number of benzene rings is 1. The zero-order valence-electron chi connectivity index (χ0n) is 12.4. The molecule has 0 saturated heterocycles. The van der Waals surface area contributed by atoms with Gasteiger partial charge in [-0.15, -0.1) is 0 Å². The highest BCUT2D eigenvalue weighted by atomic mass is 16.5. The monoisotopic (exact) mass is 291 g/mol. The molecule has 7 nitrogen and oxygen atoms in total. The minimum Gasteiger partial charge on any atom is -0.497 e. The van der Waals surface area contributed by atoms with Crippen LogP contribution in [0.1, 0.15) is 18.9 Å². The van der Waals surface area contributed by atoms with E-state index in [1.165, 1.54) is 0 Å². The van der Waals surface area contributed by atoms with Crippen molar-refractivity contribution in [2.75, 3.05) is 20.2 Å². The quantitative estimate of drug-likeness (QED) is 0.313. The van der Waals surface area contributed by atoms with Crippen molar-refractivity contribution in [3.63, 3.8) is 0 Å². The average molecular weight is 291 g/mol. The second-order valence-corrected chi connectivity index (χ2v) is 4.96. The van der Waals surface area contributed by atoms with Crippen LogP contribution in [0.25, 0.3) is 10.4 Å². The zero-order chi connectivity index (χ0) is 15.7. The summed E-state index contributed by atoms with van der Waals surface area (Å²) in [6.45, 7) is 2.71. The maximum Gasteiger partial charge on any atom is 0.237 e. The number of primary amides is 1. The fraction of sp³-hybridized carbons (Fsp3) is 0.500. The third-order valence-electron chi connectivity index (χ3n) is 3.27. The maximum atomic E-state index is 11.7. The topological polar surface area (TPSA) is 113 Å². The van der Waals surface area contributed by atoms with Crippen molar-refractivity contribution in [2.45, 2.75) is 25.3 Å². The first-order valence-electron chi connectivity index (χ1n) is 6.70. The third kappa shape index (κ3) is 5.33. The number of methoxy groups -OCH3 is 1. The van der Waals surface area contributed by atoms with Gasteiger partial charge in [0.15, 0.2) is 0 Å². The third-order valence-corrected chi connectivity index (χ3v) is 3.27. The van der Waals surface area contributed by atoms with E-state index in [4.69, 9.17) is 16.0 Å². The molecule has 0 heterocycles. The Balaban J connectivity index is 2.65. The molecular formula is C14H21N5O2. The van der Waals surface area contributed by atoms with Crippen LogP contribution in [0.15, 0.2) is 29.4 Å². The van der Waals surface area contributed by atoms with Crippen molar-refractivity contribution < 1.29 is 9.53 Å². The molecule has 1 unspecified atom stereocenters. The SMILES string of the molecule is COc1ccc(CC(C)(NCCCN=[N+]=[N-])C(N)=O)cc1. The first kappa shape index (κ1) is 16.8. The van der Waals surface area contributed by atoms with Crippen molar-refractivity contribution in [3.8, 4) is 5.75 Å². The predicted molar refractivity (Wildman–Crippen MR) is 80.9 cm³/mol. The molecule has 0 bridgehead atoms. The molecule has 0 aliphatic rings. The van der Waals surface area contributed by atoms with Gasteiger partial charge in [0.1, 0.15) is 5.75 Å². The molecule has 1 aromatic carbocycles. The zero-order valence-corrected chi connectivity index (χ0v) is 12.4. The summed E-state index contributed by atoms with van der Waals surface area (Å²) in [5.74, 6) is 0.351. The summed E-state index contributed by atoms with van der Waals surface area (Å²) in [6.07, 6.45) is 1.13. The molecule has 0 aromatic heterocycles. The molecule has 114 valence electrons. The minimum atomic E-state index is -0.842. The molecule has 0 aliphatic carbocycles. The van der Waals surface area contributed by atoms with Crippen molar-refractivity contribution >= 4 is 5.91 Å². The number of ether oxygens (including phenoxy) is 1. The standard InChI is InChI=1S/C14H21N5O2/c1-14(13(15)20,17-8-3-9-18-19-16)10-11-4-6-12(21-2)7-5-11/h4-7,17H,3,8-10H2,1-2H3,(H2,15,20). The normalized spacial score (nSPS) is 13.0. The summed E-state index contributed by atoms with van der Waals surface area (Å²) in [4.78, 5) is 14.4. The number of azide groups is 1. The number of carbonyl (C=O) groups excluding carboxylic acids is 1. The molecule has 0 saturated carbocycles. The Morgan fingerprint density at radius 1 is 1.48 bits per heavy atom. The molecule has 1 rings (SSSR count). The van der Waals surface area contributed by atoms with E-state index < -0.39 is 11.4 Å². The molecule has 7 heteroatoms. The molecule has 1 amide bonds. The van der Waals surface area contributed by atoms with E-state index in [1.807, 2.05) is 24.3 Å². The summed E-state index contributed by atoms with van der Waals surface area (Å²) in [5, 5.41) is 6.59. The fourth-order valence-corrected chi connectivity index (χ4v) is 1.95. The van der Waals surface area contributed by atoms with Gasteiger partial charge in [-0.1, -0.05) is 17.2 Å². The van der Waals surface area contributed by atoms with Crippen LogP contribution in [0, 0.1) is 0 Å². The second-order valence-electron chi connectivity index (χ2n) is 4.96. The van der Waals surface area contributed by atoms with Crippen LogP contribution in [0.5, 0.6) is 5.75 Å². The van der Waals surface area contributed by atoms with Gasteiger partial charge in [0.25, 0.3) is 0 Å². The summed E-state index contributed by atoms with van der Waals surface area (Å²) >= 11 is 0. The maximum absolute atomic E-state index is 11.7. The Bertz CT molecular complexity index is 511. The molecule has 1 aromatic rings. The minimum absolute atomic E-state index is 0.390. The first-order chi connectivity index (χ1) is 10.0. The van der Waals surface area contributed by atoms with Crippen LogP contribution >= 0.6 is 0 Å². The van der Waals surface area contributed by atoms with Crippen LogP contribution < -0.4 is 15.8 Å². The van der Waals surface area contributed by atoms with Gasteiger partial charge in [0.2, 0.25) is 5.91 Å². The molecule has 1 atom stereocenters. The summed E-state index contributed by atoms with van der Waals surface area (Å²) in [5.41, 5.74) is 13.9. The summed E-state index contributed by atoms with van der Waals surface area (Å²) in [7, 11) is 1.60. The molecule has 0 spiro atoms. The second kappa shape index (κ2) is 8.14.